The first-order valence-corrected chi connectivity index (χ1v) is 11.7. The lowest BCUT2D eigenvalue weighted by Gasteiger charge is -2.38. The van der Waals surface area contributed by atoms with Gasteiger partial charge in [-0.15, -0.1) is 0 Å². The van der Waals surface area contributed by atoms with Crippen LogP contribution in [0.1, 0.15) is 41.8 Å². The SMILES string of the molecule is CC(C)(CO)[C@@H](OCc1ccccc1)[C@@H](CC(=O)c1ccccc1)NC(=O)OCc1ccccc1. The Morgan fingerprint density at radius 1 is 0.829 bits per heavy atom. The molecule has 3 rings (SSSR count). The van der Waals surface area contributed by atoms with Crippen molar-refractivity contribution < 1.29 is 24.2 Å². The highest BCUT2D eigenvalue weighted by Gasteiger charge is 2.38. The third-order valence-electron chi connectivity index (χ3n) is 5.83. The number of amides is 1. The van der Waals surface area contributed by atoms with E-state index in [1.165, 1.54) is 0 Å². The summed E-state index contributed by atoms with van der Waals surface area (Å²) in [6, 6.07) is 27.2. The minimum atomic E-state index is -0.747. The predicted molar refractivity (Wildman–Crippen MR) is 135 cm³/mol. The highest BCUT2D eigenvalue weighted by atomic mass is 16.5. The van der Waals surface area contributed by atoms with E-state index in [1.807, 2.05) is 80.6 Å². The number of hydrogen-bond acceptors (Lipinski definition) is 5. The van der Waals surface area contributed by atoms with E-state index in [-0.39, 0.29) is 32.0 Å². The molecule has 0 fully saturated rings. The Hall–Kier alpha value is -3.48. The highest BCUT2D eigenvalue weighted by Crippen LogP contribution is 2.29. The first kappa shape index (κ1) is 26.1. The van der Waals surface area contributed by atoms with Crippen molar-refractivity contribution in [3.05, 3.63) is 108 Å². The van der Waals surface area contributed by atoms with Crippen LogP contribution in [0.4, 0.5) is 4.79 Å². The Morgan fingerprint density at radius 2 is 1.34 bits per heavy atom. The van der Waals surface area contributed by atoms with Crippen molar-refractivity contribution in [2.24, 2.45) is 5.41 Å². The van der Waals surface area contributed by atoms with Gasteiger partial charge < -0.3 is 19.9 Å². The third-order valence-corrected chi connectivity index (χ3v) is 5.83. The molecule has 6 heteroatoms. The first-order chi connectivity index (χ1) is 16.9. The van der Waals surface area contributed by atoms with Gasteiger partial charge in [-0.25, -0.2) is 4.79 Å². The summed E-state index contributed by atoms with van der Waals surface area (Å²) in [4.78, 5) is 25.9. The Bertz CT molecular complexity index is 1050. The molecule has 0 aliphatic heterocycles. The van der Waals surface area contributed by atoms with Crippen LogP contribution in [0.5, 0.6) is 0 Å². The molecule has 0 radical (unpaired) electrons. The number of ketones is 1. The number of aliphatic hydroxyl groups is 1. The second-order valence-electron chi connectivity index (χ2n) is 9.17. The van der Waals surface area contributed by atoms with Crippen LogP contribution in [0.15, 0.2) is 91.0 Å². The quantitative estimate of drug-likeness (QED) is 0.354. The molecule has 2 atom stereocenters. The van der Waals surface area contributed by atoms with Gasteiger partial charge in [0.2, 0.25) is 0 Å². The molecule has 0 aromatic heterocycles. The molecule has 0 saturated heterocycles. The standard InChI is InChI=1S/C29H33NO5/c1-29(2,21-31)27(34-19-22-12-6-3-7-13-22)25(18-26(32)24-16-10-5-11-17-24)30-28(33)35-20-23-14-8-4-9-15-23/h3-17,25,27,31H,18-21H2,1-2H3,(H,30,33)/t25-,27+/m1/s1. The van der Waals surface area contributed by atoms with E-state index < -0.39 is 23.7 Å². The van der Waals surface area contributed by atoms with E-state index >= 15 is 0 Å². The summed E-state index contributed by atoms with van der Waals surface area (Å²) in [5, 5.41) is 13.0. The number of nitrogens with one attached hydrogen (secondary N) is 1. The molecule has 2 N–H and O–H groups in total. The average molecular weight is 476 g/mol. The zero-order valence-corrected chi connectivity index (χ0v) is 20.2. The van der Waals surface area contributed by atoms with Crippen molar-refractivity contribution in [1.29, 1.82) is 0 Å². The molecular formula is C29H33NO5. The molecule has 0 spiro atoms. The fourth-order valence-electron chi connectivity index (χ4n) is 3.83. The molecule has 0 heterocycles. The maximum atomic E-state index is 13.1. The summed E-state index contributed by atoms with van der Waals surface area (Å²) < 4.78 is 11.7. The predicted octanol–water partition coefficient (Wildman–Crippen LogP) is 5.16. The van der Waals surface area contributed by atoms with E-state index in [9.17, 15) is 14.7 Å². The van der Waals surface area contributed by atoms with Gasteiger partial charge in [-0.2, -0.15) is 0 Å². The van der Waals surface area contributed by atoms with Gasteiger partial charge in [-0.1, -0.05) is 105 Å². The summed E-state index contributed by atoms with van der Waals surface area (Å²) in [5.74, 6) is -0.138. The molecule has 0 bridgehead atoms. The summed E-state index contributed by atoms with van der Waals surface area (Å²) in [5.41, 5.74) is 1.60. The van der Waals surface area contributed by atoms with Gasteiger partial charge in [0.25, 0.3) is 0 Å². The molecule has 3 aromatic rings. The zero-order chi connectivity index (χ0) is 25.1. The molecule has 1 amide bonds. The molecule has 0 aliphatic rings. The van der Waals surface area contributed by atoms with E-state index in [0.717, 1.165) is 11.1 Å². The Labute approximate surface area is 206 Å². The lowest BCUT2D eigenvalue weighted by molar-refractivity contribution is -0.0759. The Morgan fingerprint density at radius 3 is 1.89 bits per heavy atom. The molecule has 6 nitrogen and oxygen atoms in total. The van der Waals surface area contributed by atoms with Crippen LogP contribution < -0.4 is 5.32 Å². The summed E-state index contributed by atoms with van der Waals surface area (Å²) in [7, 11) is 0. The van der Waals surface area contributed by atoms with Crippen LogP contribution in [0.25, 0.3) is 0 Å². The van der Waals surface area contributed by atoms with Crippen molar-refractivity contribution in [3.63, 3.8) is 0 Å². The van der Waals surface area contributed by atoms with Gasteiger partial charge in [-0.05, 0) is 11.1 Å². The van der Waals surface area contributed by atoms with Crippen molar-refractivity contribution in [2.45, 2.75) is 45.6 Å². The average Bonchev–Trinajstić information content (AvgIpc) is 2.89. The molecule has 0 unspecified atom stereocenters. The van der Waals surface area contributed by atoms with E-state index in [1.54, 1.807) is 24.3 Å². The maximum Gasteiger partial charge on any atom is 0.407 e. The van der Waals surface area contributed by atoms with Crippen LogP contribution in [0.2, 0.25) is 0 Å². The van der Waals surface area contributed by atoms with Crippen molar-refractivity contribution >= 4 is 11.9 Å². The van der Waals surface area contributed by atoms with Crippen molar-refractivity contribution in [2.75, 3.05) is 6.61 Å². The topological polar surface area (TPSA) is 84.9 Å². The third kappa shape index (κ3) is 8.05. The Balaban J connectivity index is 1.80. The van der Waals surface area contributed by atoms with Gasteiger partial charge in [0.1, 0.15) is 6.61 Å². The highest BCUT2D eigenvalue weighted by molar-refractivity contribution is 5.96. The van der Waals surface area contributed by atoms with E-state index in [4.69, 9.17) is 9.47 Å². The smallest absolute Gasteiger partial charge is 0.407 e. The van der Waals surface area contributed by atoms with Gasteiger partial charge in [-0.3, -0.25) is 4.79 Å². The second-order valence-corrected chi connectivity index (χ2v) is 9.17. The molecule has 35 heavy (non-hydrogen) atoms. The molecule has 184 valence electrons. The molecule has 0 saturated carbocycles. The van der Waals surface area contributed by atoms with Gasteiger partial charge in [0.05, 0.1) is 25.4 Å². The van der Waals surface area contributed by atoms with Crippen LogP contribution >= 0.6 is 0 Å². The minimum Gasteiger partial charge on any atom is -0.445 e. The molecular weight excluding hydrogens is 442 g/mol. The monoisotopic (exact) mass is 475 g/mol. The number of Topliss-reactive ketones (excluding diaryl/α,β-unsaturated/α-hetero) is 1. The zero-order valence-electron chi connectivity index (χ0n) is 20.2. The van der Waals surface area contributed by atoms with Crippen LogP contribution in [0.3, 0.4) is 0 Å². The number of alkyl carbamates (subject to hydrolysis) is 1. The Kier molecular flexibility index (Phi) is 9.58. The number of carbonyl (C=O) groups is 2. The number of aliphatic hydroxyl groups excluding tert-OH is 1. The first-order valence-electron chi connectivity index (χ1n) is 11.7. The van der Waals surface area contributed by atoms with Crippen molar-refractivity contribution in [1.82, 2.24) is 5.32 Å². The fourth-order valence-corrected chi connectivity index (χ4v) is 3.83. The fraction of sp³-hybridized carbons (Fsp3) is 0.310. The normalized spacial score (nSPS) is 13.0. The summed E-state index contributed by atoms with van der Waals surface area (Å²) in [6.45, 7) is 3.87. The largest absolute Gasteiger partial charge is 0.445 e. The number of carbonyl (C=O) groups excluding carboxylic acids is 2. The van der Waals surface area contributed by atoms with Crippen LogP contribution in [0, 0.1) is 5.41 Å². The van der Waals surface area contributed by atoms with Gasteiger partial charge in [0, 0.05) is 17.4 Å². The summed E-state index contributed by atoms with van der Waals surface area (Å²) in [6.07, 6.45) is -1.32. The minimum absolute atomic E-state index is 0.00661. The second kappa shape index (κ2) is 12.8. The van der Waals surface area contributed by atoms with Gasteiger partial charge in [0.15, 0.2) is 5.78 Å². The van der Waals surface area contributed by atoms with Crippen LogP contribution in [-0.4, -0.2) is 35.7 Å². The number of benzene rings is 3. The molecule has 0 aliphatic carbocycles. The number of hydrogen-bond donors (Lipinski definition) is 2. The summed E-state index contributed by atoms with van der Waals surface area (Å²) >= 11 is 0. The van der Waals surface area contributed by atoms with Gasteiger partial charge >= 0.3 is 6.09 Å². The van der Waals surface area contributed by atoms with E-state index in [2.05, 4.69) is 5.32 Å². The van der Waals surface area contributed by atoms with Crippen molar-refractivity contribution in [3.8, 4) is 0 Å². The van der Waals surface area contributed by atoms with Crippen LogP contribution in [-0.2, 0) is 22.7 Å². The molecule has 3 aromatic carbocycles. The number of rotatable bonds is 12. The maximum absolute atomic E-state index is 13.1. The lowest BCUT2D eigenvalue weighted by Crippen LogP contribution is -2.53. The lowest BCUT2D eigenvalue weighted by atomic mass is 9.81. The number of ether oxygens (including phenoxy) is 2. The van der Waals surface area contributed by atoms with E-state index in [0.29, 0.717) is 5.56 Å².